The normalized spacial score (nSPS) is 16.7. The standard InChI is InChI=1S/C19H15NO3/c1-23-13-7-2-4-9-8-12-10-5-3-6-11(10)16-17(15(12)14(9)13)19(22)20-18(16)21/h2,4,7H,3,5-6,8H2,1H3,(H,20,21,22). The Kier molecular flexibility index (Phi) is 2.36. The molecule has 0 saturated heterocycles. The SMILES string of the molecule is COc1cccc2c1-c1c(c3c(c4c1C(=O)NC4=O)CCC3)C2. The number of carbonyl (C=O) groups is 2. The first-order chi connectivity index (χ1) is 11.2. The maximum absolute atomic E-state index is 12.5. The summed E-state index contributed by atoms with van der Waals surface area (Å²) >= 11 is 0. The molecule has 23 heavy (non-hydrogen) atoms. The first-order valence-electron chi connectivity index (χ1n) is 7.93. The average Bonchev–Trinajstić information content (AvgIpc) is 3.22. The molecule has 2 aliphatic carbocycles. The van der Waals surface area contributed by atoms with E-state index in [-0.39, 0.29) is 11.8 Å². The molecule has 4 nitrogen and oxygen atoms in total. The third-order valence-electron chi connectivity index (χ3n) is 5.32. The average molecular weight is 305 g/mol. The lowest BCUT2D eigenvalue weighted by Crippen LogP contribution is -2.20. The van der Waals surface area contributed by atoms with Gasteiger partial charge in [0, 0.05) is 11.1 Å². The Balaban J connectivity index is 1.95. The van der Waals surface area contributed by atoms with Crippen LogP contribution in [0.25, 0.3) is 11.1 Å². The second-order valence-electron chi connectivity index (χ2n) is 6.37. The van der Waals surface area contributed by atoms with Gasteiger partial charge >= 0.3 is 0 Å². The van der Waals surface area contributed by atoms with Gasteiger partial charge in [0.2, 0.25) is 0 Å². The zero-order valence-electron chi connectivity index (χ0n) is 12.8. The Morgan fingerprint density at radius 1 is 0.913 bits per heavy atom. The van der Waals surface area contributed by atoms with Crippen molar-refractivity contribution in [3.05, 3.63) is 51.6 Å². The van der Waals surface area contributed by atoms with Crippen LogP contribution in [0.5, 0.6) is 5.75 Å². The highest BCUT2D eigenvalue weighted by Gasteiger charge is 2.40. The lowest BCUT2D eigenvalue weighted by atomic mass is 9.88. The van der Waals surface area contributed by atoms with Crippen LogP contribution in [0.4, 0.5) is 0 Å². The number of hydrogen-bond donors (Lipinski definition) is 1. The summed E-state index contributed by atoms with van der Waals surface area (Å²) in [5.41, 5.74) is 7.86. The van der Waals surface area contributed by atoms with Crippen molar-refractivity contribution in [3.63, 3.8) is 0 Å². The molecule has 3 aliphatic rings. The molecule has 0 radical (unpaired) electrons. The molecule has 0 atom stereocenters. The summed E-state index contributed by atoms with van der Waals surface area (Å²) < 4.78 is 5.54. The zero-order chi connectivity index (χ0) is 15.7. The molecule has 114 valence electrons. The maximum Gasteiger partial charge on any atom is 0.259 e. The second-order valence-corrected chi connectivity index (χ2v) is 6.37. The molecule has 1 heterocycles. The predicted octanol–water partition coefficient (Wildman–Crippen LogP) is 2.64. The largest absolute Gasteiger partial charge is 0.496 e. The first-order valence-corrected chi connectivity index (χ1v) is 7.93. The number of amides is 2. The van der Waals surface area contributed by atoms with Gasteiger partial charge in [-0.25, -0.2) is 0 Å². The van der Waals surface area contributed by atoms with Crippen LogP contribution in [-0.4, -0.2) is 18.9 Å². The number of benzene rings is 2. The molecule has 5 rings (SSSR count). The van der Waals surface area contributed by atoms with Crippen molar-refractivity contribution in [2.75, 3.05) is 7.11 Å². The molecule has 2 aromatic carbocycles. The van der Waals surface area contributed by atoms with Crippen LogP contribution in [0.1, 0.15) is 49.4 Å². The number of nitrogens with one attached hydrogen (secondary N) is 1. The molecular weight excluding hydrogens is 290 g/mol. The van der Waals surface area contributed by atoms with E-state index in [4.69, 9.17) is 4.74 Å². The van der Waals surface area contributed by atoms with Crippen LogP contribution in [0.2, 0.25) is 0 Å². The van der Waals surface area contributed by atoms with Gasteiger partial charge in [-0.2, -0.15) is 0 Å². The minimum Gasteiger partial charge on any atom is -0.496 e. The summed E-state index contributed by atoms with van der Waals surface area (Å²) in [4.78, 5) is 24.8. The number of fused-ring (bicyclic) bond motifs is 8. The van der Waals surface area contributed by atoms with Gasteiger partial charge in [-0.1, -0.05) is 12.1 Å². The predicted molar refractivity (Wildman–Crippen MR) is 85.1 cm³/mol. The van der Waals surface area contributed by atoms with Gasteiger partial charge in [0.05, 0.1) is 18.2 Å². The molecule has 0 saturated carbocycles. The van der Waals surface area contributed by atoms with Gasteiger partial charge in [0.25, 0.3) is 11.8 Å². The van der Waals surface area contributed by atoms with E-state index in [1.807, 2.05) is 12.1 Å². The van der Waals surface area contributed by atoms with E-state index >= 15 is 0 Å². The second kappa shape index (κ2) is 4.22. The highest BCUT2D eigenvalue weighted by Crippen LogP contribution is 2.50. The van der Waals surface area contributed by atoms with Crippen LogP contribution >= 0.6 is 0 Å². The molecule has 4 heteroatoms. The van der Waals surface area contributed by atoms with E-state index in [1.54, 1.807) is 7.11 Å². The van der Waals surface area contributed by atoms with Crippen molar-refractivity contribution in [3.8, 4) is 16.9 Å². The number of rotatable bonds is 1. The fourth-order valence-electron chi connectivity index (χ4n) is 4.48. The lowest BCUT2D eigenvalue weighted by molar-refractivity contribution is 0.0879. The summed E-state index contributed by atoms with van der Waals surface area (Å²) in [7, 11) is 1.65. The number of hydrogen-bond acceptors (Lipinski definition) is 3. The van der Waals surface area contributed by atoms with E-state index in [1.165, 1.54) is 16.7 Å². The minimum absolute atomic E-state index is 0.241. The summed E-state index contributed by atoms with van der Waals surface area (Å²) in [5, 5.41) is 2.49. The van der Waals surface area contributed by atoms with Crippen molar-refractivity contribution in [2.24, 2.45) is 0 Å². The third kappa shape index (κ3) is 1.46. The van der Waals surface area contributed by atoms with E-state index in [0.29, 0.717) is 11.1 Å². The van der Waals surface area contributed by atoms with E-state index in [0.717, 1.165) is 48.1 Å². The molecule has 0 aromatic heterocycles. The highest BCUT2D eigenvalue weighted by atomic mass is 16.5. The van der Waals surface area contributed by atoms with Gasteiger partial charge in [-0.3, -0.25) is 14.9 Å². The van der Waals surface area contributed by atoms with Crippen molar-refractivity contribution in [1.82, 2.24) is 5.32 Å². The number of imide groups is 1. The highest BCUT2D eigenvalue weighted by molar-refractivity contribution is 6.26. The van der Waals surface area contributed by atoms with Gasteiger partial charge < -0.3 is 4.74 Å². The Bertz CT molecular complexity index is 927. The van der Waals surface area contributed by atoms with Crippen LogP contribution in [0.3, 0.4) is 0 Å². The maximum atomic E-state index is 12.5. The smallest absolute Gasteiger partial charge is 0.259 e. The first kappa shape index (κ1) is 12.9. The van der Waals surface area contributed by atoms with Crippen molar-refractivity contribution >= 4 is 11.8 Å². The van der Waals surface area contributed by atoms with Gasteiger partial charge in [-0.05, 0) is 54.0 Å². The molecule has 0 unspecified atom stereocenters. The molecule has 2 aromatic rings. The monoisotopic (exact) mass is 305 g/mol. The molecule has 0 spiro atoms. The van der Waals surface area contributed by atoms with Gasteiger partial charge in [0.15, 0.2) is 0 Å². The molecule has 0 bridgehead atoms. The van der Waals surface area contributed by atoms with Crippen LogP contribution in [-0.2, 0) is 19.3 Å². The summed E-state index contributed by atoms with van der Waals surface area (Å²) in [6.07, 6.45) is 3.74. The fraction of sp³-hybridized carbons (Fsp3) is 0.263. The number of ether oxygens (including phenoxy) is 1. The topological polar surface area (TPSA) is 55.4 Å². The number of carbonyl (C=O) groups excluding carboxylic acids is 2. The Hall–Kier alpha value is -2.62. The Morgan fingerprint density at radius 2 is 1.70 bits per heavy atom. The zero-order valence-corrected chi connectivity index (χ0v) is 12.8. The van der Waals surface area contributed by atoms with Crippen LogP contribution in [0.15, 0.2) is 18.2 Å². The van der Waals surface area contributed by atoms with Crippen LogP contribution in [0, 0.1) is 0 Å². The van der Waals surface area contributed by atoms with Gasteiger partial charge in [-0.15, -0.1) is 0 Å². The molecule has 1 N–H and O–H groups in total. The summed E-state index contributed by atoms with van der Waals surface area (Å²) in [5.74, 6) is 0.262. The van der Waals surface area contributed by atoms with E-state index in [2.05, 4.69) is 11.4 Å². The van der Waals surface area contributed by atoms with E-state index < -0.39 is 0 Å². The third-order valence-corrected chi connectivity index (χ3v) is 5.32. The minimum atomic E-state index is -0.269. The molecule has 1 aliphatic heterocycles. The lowest BCUT2D eigenvalue weighted by Gasteiger charge is -2.14. The summed E-state index contributed by atoms with van der Waals surface area (Å²) in [6.45, 7) is 0. The molecule has 0 fully saturated rings. The van der Waals surface area contributed by atoms with Crippen molar-refractivity contribution < 1.29 is 14.3 Å². The Morgan fingerprint density at radius 3 is 2.52 bits per heavy atom. The fourth-order valence-corrected chi connectivity index (χ4v) is 4.48. The molecule has 2 amide bonds. The quantitative estimate of drug-likeness (QED) is 0.703. The molecular formula is C19H15NO3. The van der Waals surface area contributed by atoms with Crippen LogP contribution < -0.4 is 10.1 Å². The Labute approximate surface area is 133 Å². The van der Waals surface area contributed by atoms with Crippen molar-refractivity contribution in [1.29, 1.82) is 0 Å². The van der Waals surface area contributed by atoms with E-state index in [9.17, 15) is 9.59 Å². The van der Waals surface area contributed by atoms with Crippen molar-refractivity contribution in [2.45, 2.75) is 25.7 Å². The van der Waals surface area contributed by atoms with Gasteiger partial charge in [0.1, 0.15) is 5.75 Å². The summed E-state index contributed by atoms with van der Waals surface area (Å²) in [6, 6.07) is 5.98. The number of methoxy groups -OCH3 is 1.